The zero-order valence-corrected chi connectivity index (χ0v) is 18.8. The first-order valence-corrected chi connectivity index (χ1v) is 11.0. The predicted octanol–water partition coefficient (Wildman–Crippen LogP) is 4.26. The quantitative estimate of drug-likeness (QED) is 0.655. The zero-order valence-electron chi connectivity index (χ0n) is 18.0. The van der Waals surface area contributed by atoms with Crippen LogP contribution >= 0.6 is 11.3 Å². The Labute approximate surface area is 177 Å². The molecule has 29 heavy (non-hydrogen) atoms. The molecule has 1 unspecified atom stereocenters. The van der Waals surface area contributed by atoms with Crippen molar-refractivity contribution in [2.45, 2.75) is 40.7 Å². The molecule has 0 aliphatic carbocycles. The predicted molar refractivity (Wildman–Crippen MR) is 115 cm³/mol. The van der Waals surface area contributed by atoms with Crippen LogP contribution in [-0.2, 0) is 16.1 Å². The largest absolute Gasteiger partial charge is 0.493 e. The molecular formula is C22H31N3O3S. The summed E-state index contributed by atoms with van der Waals surface area (Å²) >= 11 is 1.58. The van der Waals surface area contributed by atoms with E-state index in [1.54, 1.807) is 11.3 Å². The maximum atomic E-state index is 12.2. The topological polar surface area (TPSA) is 64.6 Å². The van der Waals surface area contributed by atoms with Crippen LogP contribution in [0.4, 0.5) is 0 Å². The molecule has 1 aliphatic heterocycles. The molecule has 0 N–H and O–H groups in total. The number of ether oxygens (including phenoxy) is 2. The van der Waals surface area contributed by atoms with Gasteiger partial charge in [-0.25, -0.2) is 0 Å². The highest BCUT2D eigenvalue weighted by Crippen LogP contribution is 2.37. The minimum absolute atomic E-state index is 0.0935. The summed E-state index contributed by atoms with van der Waals surface area (Å²) in [5.74, 6) is 1.04. The molecular weight excluding hydrogens is 386 g/mol. The molecule has 0 amide bonds. The van der Waals surface area contributed by atoms with Crippen LogP contribution in [0.25, 0.3) is 10.6 Å². The maximum Gasteiger partial charge on any atom is 0.309 e. The van der Waals surface area contributed by atoms with Crippen molar-refractivity contribution < 1.29 is 14.3 Å². The molecule has 0 saturated carbocycles. The summed E-state index contributed by atoms with van der Waals surface area (Å²) in [5, 5.41) is 10.6. The number of likely N-dealkylation sites (tertiary alicyclic amines) is 1. The number of carbonyl (C=O) groups excluding carboxylic acids is 1. The van der Waals surface area contributed by atoms with E-state index in [0.29, 0.717) is 25.6 Å². The van der Waals surface area contributed by atoms with Gasteiger partial charge in [-0.2, -0.15) is 0 Å². The van der Waals surface area contributed by atoms with Gasteiger partial charge >= 0.3 is 5.97 Å². The van der Waals surface area contributed by atoms with Gasteiger partial charge in [0.1, 0.15) is 10.8 Å². The van der Waals surface area contributed by atoms with Crippen molar-refractivity contribution in [1.29, 1.82) is 0 Å². The number of rotatable bonds is 6. The van der Waals surface area contributed by atoms with E-state index in [4.69, 9.17) is 9.47 Å². The molecule has 0 bridgehead atoms. The third kappa shape index (κ3) is 5.34. The van der Waals surface area contributed by atoms with Crippen LogP contribution in [-0.4, -0.2) is 47.9 Å². The molecule has 6 nitrogen and oxygen atoms in total. The molecule has 1 aromatic heterocycles. The second-order valence-corrected chi connectivity index (χ2v) is 9.71. The summed E-state index contributed by atoms with van der Waals surface area (Å²) in [6.45, 7) is 11.6. The van der Waals surface area contributed by atoms with E-state index in [-0.39, 0.29) is 17.3 Å². The Balaban J connectivity index is 1.76. The summed E-state index contributed by atoms with van der Waals surface area (Å²) in [7, 11) is 1.47. The minimum Gasteiger partial charge on any atom is -0.493 e. The van der Waals surface area contributed by atoms with Crippen molar-refractivity contribution in [3.05, 3.63) is 29.3 Å². The van der Waals surface area contributed by atoms with E-state index in [2.05, 4.69) is 35.9 Å². The molecule has 2 heterocycles. The zero-order chi connectivity index (χ0) is 21.0. The molecule has 1 aliphatic rings. The van der Waals surface area contributed by atoms with Crippen molar-refractivity contribution >= 4 is 17.3 Å². The molecule has 2 aromatic rings. The van der Waals surface area contributed by atoms with Crippen LogP contribution in [0.2, 0.25) is 0 Å². The van der Waals surface area contributed by atoms with Gasteiger partial charge in [-0.3, -0.25) is 9.69 Å². The third-order valence-corrected chi connectivity index (χ3v) is 6.47. The lowest BCUT2D eigenvalue weighted by atomic mass is 9.73. The number of carbonyl (C=O) groups is 1. The van der Waals surface area contributed by atoms with Gasteiger partial charge in [0.05, 0.1) is 31.7 Å². The second kappa shape index (κ2) is 9.22. The van der Waals surface area contributed by atoms with Gasteiger partial charge in [-0.05, 0) is 36.8 Å². The van der Waals surface area contributed by atoms with Crippen molar-refractivity contribution in [2.75, 3.05) is 26.8 Å². The Morgan fingerprint density at radius 2 is 2.00 bits per heavy atom. The van der Waals surface area contributed by atoms with Crippen molar-refractivity contribution in [2.24, 2.45) is 17.3 Å². The molecule has 1 saturated heterocycles. The Bertz CT molecular complexity index is 831. The highest BCUT2D eigenvalue weighted by atomic mass is 32.1. The van der Waals surface area contributed by atoms with E-state index in [0.717, 1.165) is 34.3 Å². The average molecular weight is 418 g/mol. The summed E-state index contributed by atoms with van der Waals surface area (Å²) in [6.07, 6.45) is 0.871. The molecule has 0 radical (unpaired) electrons. The number of methoxy groups -OCH3 is 1. The Hall–Kier alpha value is -1.99. The maximum absolute atomic E-state index is 12.2. The highest BCUT2D eigenvalue weighted by Gasteiger charge is 2.37. The highest BCUT2D eigenvalue weighted by molar-refractivity contribution is 7.14. The fourth-order valence-corrected chi connectivity index (χ4v) is 4.74. The van der Waals surface area contributed by atoms with Crippen LogP contribution in [0.15, 0.2) is 24.3 Å². The Morgan fingerprint density at radius 1 is 1.24 bits per heavy atom. The lowest BCUT2D eigenvalue weighted by Crippen LogP contribution is -2.46. The summed E-state index contributed by atoms with van der Waals surface area (Å²) in [4.78, 5) is 14.6. The fraction of sp³-hybridized carbons (Fsp3) is 0.591. The van der Waals surface area contributed by atoms with Crippen molar-refractivity contribution in [3.8, 4) is 16.3 Å². The van der Waals surface area contributed by atoms with Crippen LogP contribution in [0.1, 0.15) is 39.1 Å². The monoisotopic (exact) mass is 417 g/mol. The summed E-state index contributed by atoms with van der Waals surface area (Å²) < 4.78 is 10.8. The minimum atomic E-state index is -0.118. The third-order valence-electron chi connectivity index (χ3n) is 5.53. The first-order chi connectivity index (χ1) is 13.8. The Morgan fingerprint density at radius 3 is 2.69 bits per heavy atom. The molecule has 158 valence electrons. The number of hydrogen-bond donors (Lipinski definition) is 0. The number of hydrogen-bond acceptors (Lipinski definition) is 7. The average Bonchev–Trinajstić information content (AvgIpc) is 3.15. The van der Waals surface area contributed by atoms with Gasteiger partial charge in [0.15, 0.2) is 5.01 Å². The molecule has 1 aromatic carbocycles. The SMILES string of the molecule is CCOc1ccccc1-c1nnc(CN2CC(C(C)(C)C)C[C@@H](C(=O)OC)C2)s1. The number of para-hydroxylation sites is 1. The van der Waals surface area contributed by atoms with E-state index < -0.39 is 0 Å². The summed E-state index contributed by atoms with van der Waals surface area (Å²) in [5.41, 5.74) is 1.10. The van der Waals surface area contributed by atoms with Gasteiger partial charge in [0.25, 0.3) is 0 Å². The van der Waals surface area contributed by atoms with Crippen LogP contribution in [0.3, 0.4) is 0 Å². The first-order valence-electron chi connectivity index (χ1n) is 10.2. The molecule has 2 atom stereocenters. The van der Waals surface area contributed by atoms with Crippen LogP contribution < -0.4 is 4.74 Å². The number of benzene rings is 1. The van der Waals surface area contributed by atoms with Gasteiger partial charge in [0, 0.05) is 13.1 Å². The molecule has 1 fully saturated rings. The normalized spacial score (nSPS) is 20.4. The Kier molecular flexibility index (Phi) is 6.90. The van der Waals surface area contributed by atoms with Crippen molar-refractivity contribution in [3.63, 3.8) is 0 Å². The fourth-order valence-electron chi connectivity index (χ4n) is 3.83. The first kappa shape index (κ1) is 21.7. The molecule has 7 heteroatoms. The standard InChI is InChI=1S/C22H31N3O3S/c1-6-28-18-10-8-7-9-17(18)20-24-23-19(29-20)14-25-12-15(21(26)27-5)11-16(13-25)22(2,3)4/h7-10,15-16H,6,11-14H2,1-5H3/t15-,16?/m1/s1. The number of nitrogens with zero attached hydrogens (tertiary/aromatic N) is 3. The number of esters is 1. The van der Waals surface area contributed by atoms with E-state index in [1.807, 2.05) is 31.2 Å². The van der Waals surface area contributed by atoms with Gasteiger partial charge < -0.3 is 9.47 Å². The lowest BCUT2D eigenvalue weighted by Gasteiger charge is -2.42. The lowest BCUT2D eigenvalue weighted by molar-refractivity contribution is -0.149. The second-order valence-electron chi connectivity index (χ2n) is 8.64. The van der Waals surface area contributed by atoms with Crippen LogP contribution in [0.5, 0.6) is 5.75 Å². The molecule has 3 rings (SSSR count). The van der Waals surface area contributed by atoms with Crippen molar-refractivity contribution in [1.82, 2.24) is 15.1 Å². The van der Waals surface area contributed by atoms with Crippen LogP contribution in [0, 0.1) is 17.3 Å². The van der Waals surface area contributed by atoms with Gasteiger partial charge in [-0.1, -0.05) is 44.2 Å². The number of aromatic nitrogens is 2. The van der Waals surface area contributed by atoms with E-state index in [9.17, 15) is 4.79 Å². The van der Waals surface area contributed by atoms with E-state index >= 15 is 0 Å². The smallest absolute Gasteiger partial charge is 0.309 e. The number of piperidine rings is 1. The van der Waals surface area contributed by atoms with Gasteiger partial charge in [0.2, 0.25) is 0 Å². The molecule has 0 spiro atoms. The van der Waals surface area contributed by atoms with Gasteiger partial charge in [-0.15, -0.1) is 10.2 Å². The summed E-state index contributed by atoms with van der Waals surface area (Å²) in [6, 6.07) is 7.92. The van der Waals surface area contributed by atoms with E-state index in [1.165, 1.54) is 7.11 Å².